The van der Waals surface area contributed by atoms with Gasteiger partial charge < -0.3 is 19.0 Å². The first-order valence-electron chi connectivity index (χ1n) is 12.6. The number of furan rings is 1. The van der Waals surface area contributed by atoms with E-state index in [0.717, 1.165) is 5.56 Å². The fourth-order valence-electron chi connectivity index (χ4n) is 5.11. The Morgan fingerprint density at radius 3 is 2.46 bits per heavy atom. The van der Waals surface area contributed by atoms with Crippen LogP contribution in [0.2, 0.25) is 0 Å². The molecule has 1 aromatic heterocycles. The van der Waals surface area contributed by atoms with Gasteiger partial charge in [0.05, 0.1) is 16.4 Å². The lowest BCUT2D eigenvalue weighted by atomic mass is 9.86. The number of ether oxygens (including phenoxy) is 2. The number of aryl methyl sites for hydroxylation is 1. The van der Waals surface area contributed by atoms with Crippen LogP contribution in [0.5, 0.6) is 0 Å². The third kappa shape index (κ3) is 6.82. The molecule has 9 heteroatoms. The Labute approximate surface area is 226 Å². The van der Waals surface area contributed by atoms with Crippen molar-refractivity contribution in [2.24, 2.45) is 11.8 Å². The first kappa shape index (κ1) is 28.9. The van der Waals surface area contributed by atoms with E-state index in [-0.39, 0.29) is 18.9 Å². The Morgan fingerprint density at radius 2 is 1.86 bits per heavy atom. The quantitative estimate of drug-likeness (QED) is 0.273. The first-order chi connectivity index (χ1) is 17.5. The summed E-state index contributed by atoms with van der Waals surface area (Å²) in [5.41, 5.74) is -0.0253. The molecule has 0 aliphatic carbocycles. The number of cyclic esters (lactones) is 1. The fourth-order valence-corrected chi connectivity index (χ4v) is 5.61. The van der Waals surface area contributed by atoms with E-state index in [9.17, 15) is 14.4 Å². The molecule has 0 spiro atoms. The molecule has 202 valence electrons. The maximum Gasteiger partial charge on any atom is 0.417 e. The van der Waals surface area contributed by atoms with Gasteiger partial charge in [0.25, 0.3) is 0 Å². The molecule has 2 amide bonds. The minimum atomic E-state index is -1.07. The van der Waals surface area contributed by atoms with Crippen LogP contribution in [0.15, 0.2) is 45.3 Å². The van der Waals surface area contributed by atoms with Crippen LogP contribution in [0.3, 0.4) is 0 Å². The average Bonchev–Trinajstić information content (AvgIpc) is 3.31. The van der Waals surface area contributed by atoms with E-state index in [4.69, 9.17) is 19.0 Å². The monoisotopic (exact) mass is 577 g/mol. The average molecular weight is 579 g/mol. The highest BCUT2D eigenvalue weighted by Crippen LogP contribution is 2.40. The highest BCUT2D eigenvalue weighted by atomic mass is 79.9. The second-order valence-electron chi connectivity index (χ2n) is 10.3. The number of amides is 2. The van der Waals surface area contributed by atoms with Crippen LogP contribution in [-0.2, 0) is 31.9 Å². The van der Waals surface area contributed by atoms with E-state index in [1.54, 1.807) is 19.9 Å². The summed E-state index contributed by atoms with van der Waals surface area (Å²) in [6.07, 6.45) is 0.320. The van der Waals surface area contributed by atoms with Crippen LogP contribution in [-0.4, -0.2) is 46.2 Å². The second-order valence-corrected chi connectivity index (χ2v) is 11.1. The molecule has 1 aliphatic rings. The maximum absolute atomic E-state index is 14.2. The van der Waals surface area contributed by atoms with E-state index >= 15 is 0 Å². The SMILES string of the molecule is CC(=O)OC(c1cc(Br)c(CCCCO)o1)C(Cc1ccccc1)C(=O)N1C(=O)OC(C)(C)C1C(C)C. The van der Waals surface area contributed by atoms with Gasteiger partial charge in [-0.3, -0.25) is 9.59 Å². The Balaban J connectivity index is 2.07. The molecule has 37 heavy (non-hydrogen) atoms. The van der Waals surface area contributed by atoms with Gasteiger partial charge >= 0.3 is 12.1 Å². The van der Waals surface area contributed by atoms with Crippen molar-refractivity contribution in [1.82, 2.24) is 4.90 Å². The van der Waals surface area contributed by atoms with Crippen molar-refractivity contribution in [3.05, 3.63) is 58.0 Å². The van der Waals surface area contributed by atoms with Crippen LogP contribution in [0.25, 0.3) is 0 Å². The summed E-state index contributed by atoms with van der Waals surface area (Å²) in [5.74, 6) is -1.13. The summed E-state index contributed by atoms with van der Waals surface area (Å²) in [5, 5.41) is 9.12. The van der Waals surface area contributed by atoms with E-state index in [1.165, 1.54) is 11.8 Å². The molecular formula is C28H36BrNO7. The summed E-state index contributed by atoms with van der Waals surface area (Å²) in [6.45, 7) is 8.82. The number of nitrogens with zero attached hydrogens (tertiary/aromatic N) is 1. The number of unbranched alkanes of at least 4 members (excludes halogenated alkanes) is 1. The molecular weight excluding hydrogens is 542 g/mol. The van der Waals surface area contributed by atoms with Gasteiger partial charge in [0.2, 0.25) is 5.91 Å². The maximum atomic E-state index is 14.2. The van der Waals surface area contributed by atoms with Gasteiger partial charge in [-0.15, -0.1) is 0 Å². The number of rotatable bonds is 11. The van der Waals surface area contributed by atoms with Crippen molar-refractivity contribution in [3.63, 3.8) is 0 Å². The Bertz CT molecular complexity index is 1100. The van der Waals surface area contributed by atoms with Gasteiger partial charge in [-0.25, -0.2) is 9.69 Å². The van der Waals surface area contributed by atoms with Crippen molar-refractivity contribution in [2.75, 3.05) is 6.61 Å². The zero-order valence-electron chi connectivity index (χ0n) is 22.0. The number of carbonyl (C=O) groups is 3. The molecule has 1 aliphatic heterocycles. The summed E-state index contributed by atoms with van der Waals surface area (Å²) in [7, 11) is 0. The summed E-state index contributed by atoms with van der Waals surface area (Å²) in [6, 6.07) is 10.6. The van der Waals surface area contributed by atoms with Gasteiger partial charge in [-0.1, -0.05) is 44.2 Å². The molecule has 3 atom stereocenters. The molecule has 3 rings (SSSR count). The van der Waals surface area contributed by atoms with Crippen LogP contribution in [0, 0.1) is 11.8 Å². The van der Waals surface area contributed by atoms with Crippen molar-refractivity contribution in [3.8, 4) is 0 Å². The number of esters is 1. The van der Waals surface area contributed by atoms with E-state index in [1.807, 2.05) is 44.2 Å². The lowest BCUT2D eigenvalue weighted by Gasteiger charge is -2.34. The number of hydrogen-bond acceptors (Lipinski definition) is 7. The molecule has 1 fully saturated rings. The highest BCUT2D eigenvalue weighted by Gasteiger charge is 2.54. The number of aliphatic hydroxyl groups excluding tert-OH is 1. The predicted octanol–water partition coefficient (Wildman–Crippen LogP) is 5.60. The number of imide groups is 1. The molecule has 3 unspecified atom stereocenters. The van der Waals surface area contributed by atoms with Crippen molar-refractivity contribution in [2.45, 2.75) is 78.0 Å². The van der Waals surface area contributed by atoms with Gasteiger partial charge in [0, 0.05) is 20.0 Å². The van der Waals surface area contributed by atoms with Gasteiger partial charge in [-0.05, 0) is 66.6 Å². The summed E-state index contributed by atoms with van der Waals surface area (Å²) in [4.78, 5) is 40.7. The minimum Gasteiger partial charge on any atom is -0.461 e. The van der Waals surface area contributed by atoms with Crippen molar-refractivity contribution in [1.29, 1.82) is 0 Å². The molecule has 0 saturated carbocycles. The van der Waals surface area contributed by atoms with Crippen LogP contribution in [0.1, 0.15) is 70.6 Å². The summed E-state index contributed by atoms with van der Waals surface area (Å²) >= 11 is 3.51. The number of carbonyl (C=O) groups excluding carboxylic acids is 3. The molecule has 0 radical (unpaired) electrons. The largest absolute Gasteiger partial charge is 0.461 e. The molecule has 0 bridgehead atoms. The number of aliphatic hydroxyl groups is 1. The lowest BCUT2D eigenvalue weighted by Crippen LogP contribution is -2.51. The number of hydrogen-bond donors (Lipinski definition) is 1. The Hall–Kier alpha value is -2.65. The van der Waals surface area contributed by atoms with Gasteiger partial charge in [-0.2, -0.15) is 0 Å². The molecule has 1 saturated heterocycles. The molecule has 8 nitrogen and oxygen atoms in total. The standard InChI is InChI=1S/C28H36BrNO7/c1-17(2)25-28(4,5)37-27(34)30(25)26(33)20(15-19-11-7-6-8-12-19)24(35-18(3)32)23-16-21(29)22(36-23)13-9-10-14-31/h6-8,11-12,16-17,20,24-25,31H,9-10,13-15H2,1-5H3. The van der Waals surface area contributed by atoms with E-state index in [0.29, 0.717) is 35.3 Å². The van der Waals surface area contributed by atoms with Crippen molar-refractivity contribution < 1.29 is 33.4 Å². The topological polar surface area (TPSA) is 106 Å². The summed E-state index contributed by atoms with van der Waals surface area (Å²) < 4.78 is 18.1. The number of benzene rings is 1. The van der Waals surface area contributed by atoms with Crippen LogP contribution >= 0.6 is 15.9 Å². The predicted molar refractivity (Wildman–Crippen MR) is 141 cm³/mol. The third-order valence-electron chi connectivity index (χ3n) is 6.55. The zero-order chi connectivity index (χ0) is 27.3. The minimum absolute atomic E-state index is 0.0640. The fraction of sp³-hybridized carbons (Fsp3) is 0.536. The lowest BCUT2D eigenvalue weighted by molar-refractivity contribution is -0.156. The van der Waals surface area contributed by atoms with Gasteiger partial charge in [0.1, 0.15) is 17.1 Å². The third-order valence-corrected chi connectivity index (χ3v) is 7.22. The van der Waals surface area contributed by atoms with Gasteiger partial charge in [0.15, 0.2) is 6.10 Å². The zero-order valence-corrected chi connectivity index (χ0v) is 23.6. The van der Waals surface area contributed by atoms with Crippen molar-refractivity contribution >= 4 is 33.9 Å². The second kappa shape index (κ2) is 12.3. The van der Waals surface area contributed by atoms with E-state index in [2.05, 4.69) is 15.9 Å². The van der Waals surface area contributed by atoms with Crippen LogP contribution < -0.4 is 0 Å². The van der Waals surface area contributed by atoms with Crippen LogP contribution in [0.4, 0.5) is 4.79 Å². The Morgan fingerprint density at radius 1 is 1.19 bits per heavy atom. The molecule has 1 N–H and O–H groups in total. The smallest absolute Gasteiger partial charge is 0.417 e. The molecule has 2 heterocycles. The first-order valence-corrected chi connectivity index (χ1v) is 13.4. The number of halogens is 1. The molecule has 1 aromatic carbocycles. The Kier molecular flexibility index (Phi) is 9.58. The highest BCUT2D eigenvalue weighted by molar-refractivity contribution is 9.10. The molecule has 2 aromatic rings. The van der Waals surface area contributed by atoms with E-state index < -0.39 is 41.6 Å². The normalized spacial score (nSPS) is 18.5.